The third-order valence-corrected chi connectivity index (χ3v) is 7.11. The standard InChI is InChI=1S/C26H18F3N3O2S2/c27-26(28,29)17-9-6-10-18(13-17)32-24(34)23(36-25(32)35)15-31-21(19-11-4-5-12-22(19)33)14-20(30-31)16-7-2-1-3-8-16/h1-13,15,21,33H,14H2/b23-15-. The van der Waals surface area contributed by atoms with E-state index in [-0.39, 0.29) is 20.7 Å². The zero-order chi connectivity index (χ0) is 25.4. The molecule has 1 atom stereocenters. The fourth-order valence-electron chi connectivity index (χ4n) is 4.10. The molecule has 0 aromatic heterocycles. The Morgan fingerprint density at radius 1 is 1.03 bits per heavy atom. The minimum absolute atomic E-state index is 0.0443. The van der Waals surface area contributed by atoms with E-state index >= 15 is 0 Å². The first-order valence-electron chi connectivity index (χ1n) is 10.9. The number of anilines is 1. The SMILES string of the molecule is O=C1/C(=C/N2N=C(c3ccccc3)CC2c2ccccc2O)SC(=S)N1c1cccc(C(F)(F)F)c1. The van der Waals surface area contributed by atoms with E-state index < -0.39 is 23.7 Å². The predicted octanol–water partition coefficient (Wildman–Crippen LogP) is 6.47. The predicted molar refractivity (Wildman–Crippen MR) is 137 cm³/mol. The minimum Gasteiger partial charge on any atom is -0.508 e. The Hall–Kier alpha value is -3.63. The monoisotopic (exact) mass is 525 g/mol. The summed E-state index contributed by atoms with van der Waals surface area (Å²) in [5, 5.41) is 16.8. The van der Waals surface area contributed by atoms with Crippen molar-refractivity contribution in [2.75, 3.05) is 4.90 Å². The van der Waals surface area contributed by atoms with Crippen LogP contribution < -0.4 is 4.90 Å². The second kappa shape index (κ2) is 9.44. The van der Waals surface area contributed by atoms with E-state index in [1.807, 2.05) is 30.3 Å². The lowest BCUT2D eigenvalue weighted by Gasteiger charge is -2.21. The number of phenols is 1. The number of amides is 1. The maximum atomic E-state index is 13.3. The van der Waals surface area contributed by atoms with Crippen LogP contribution in [0.1, 0.15) is 29.2 Å². The van der Waals surface area contributed by atoms with Crippen molar-refractivity contribution in [2.45, 2.75) is 18.6 Å². The van der Waals surface area contributed by atoms with Crippen molar-refractivity contribution in [3.63, 3.8) is 0 Å². The molecule has 0 radical (unpaired) electrons. The smallest absolute Gasteiger partial charge is 0.416 e. The number of thioether (sulfide) groups is 1. The van der Waals surface area contributed by atoms with Crippen LogP contribution in [0.3, 0.4) is 0 Å². The number of phenolic OH excluding ortho intramolecular Hbond substituents is 1. The summed E-state index contributed by atoms with van der Waals surface area (Å²) in [6.07, 6.45) is -2.53. The van der Waals surface area contributed by atoms with Crippen LogP contribution in [0.4, 0.5) is 18.9 Å². The van der Waals surface area contributed by atoms with Crippen LogP contribution in [-0.4, -0.2) is 26.1 Å². The highest BCUT2D eigenvalue weighted by Crippen LogP contribution is 2.41. The molecule has 3 aromatic rings. The largest absolute Gasteiger partial charge is 0.508 e. The van der Waals surface area contributed by atoms with Gasteiger partial charge in [-0.15, -0.1) is 0 Å². The molecular formula is C26H18F3N3O2S2. The van der Waals surface area contributed by atoms with Gasteiger partial charge in [0.15, 0.2) is 4.32 Å². The average Bonchev–Trinajstić information content (AvgIpc) is 3.40. The van der Waals surface area contributed by atoms with E-state index in [0.717, 1.165) is 40.1 Å². The summed E-state index contributed by atoms with van der Waals surface area (Å²) < 4.78 is 39.8. The van der Waals surface area contributed by atoms with Crippen LogP contribution in [0.2, 0.25) is 0 Å². The second-order valence-corrected chi connectivity index (χ2v) is 9.80. The maximum Gasteiger partial charge on any atom is 0.416 e. The molecule has 0 aliphatic carbocycles. The van der Waals surface area contributed by atoms with Gasteiger partial charge < -0.3 is 5.11 Å². The van der Waals surface area contributed by atoms with E-state index in [1.165, 1.54) is 12.1 Å². The lowest BCUT2D eigenvalue weighted by molar-refractivity contribution is -0.137. The fraction of sp³-hybridized carbons (Fsp3) is 0.115. The van der Waals surface area contributed by atoms with Gasteiger partial charge in [-0.2, -0.15) is 18.3 Å². The Morgan fingerprint density at radius 2 is 1.75 bits per heavy atom. The third-order valence-electron chi connectivity index (χ3n) is 5.82. The van der Waals surface area contributed by atoms with Gasteiger partial charge >= 0.3 is 6.18 Å². The topological polar surface area (TPSA) is 56.1 Å². The van der Waals surface area contributed by atoms with Crippen molar-refractivity contribution >= 4 is 45.6 Å². The number of aromatic hydroxyl groups is 1. The van der Waals surface area contributed by atoms with Crippen molar-refractivity contribution in [2.24, 2.45) is 5.10 Å². The first-order valence-corrected chi connectivity index (χ1v) is 12.1. The van der Waals surface area contributed by atoms with Crippen LogP contribution in [0, 0.1) is 0 Å². The molecule has 1 N–H and O–H groups in total. The number of carbonyl (C=O) groups is 1. The second-order valence-electron chi connectivity index (χ2n) is 8.12. The summed E-state index contributed by atoms with van der Waals surface area (Å²) in [5.74, 6) is -0.439. The van der Waals surface area contributed by atoms with Crippen LogP contribution in [0.5, 0.6) is 5.75 Å². The minimum atomic E-state index is -4.55. The van der Waals surface area contributed by atoms with E-state index in [0.29, 0.717) is 12.0 Å². The Balaban J connectivity index is 1.51. The number of para-hydroxylation sites is 1. The molecule has 0 spiro atoms. The van der Waals surface area contributed by atoms with Crippen LogP contribution in [0.15, 0.2) is 95.1 Å². The number of rotatable bonds is 4. The van der Waals surface area contributed by atoms with E-state index in [9.17, 15) is 23.1 Å². The summed E-state index contributed by atoms with van der Waals surface area (Å²) >= 11 is 6.34. The van der Waals surface area contributed by atoms with Gasteiger partial charge in [0.2, 0.25) is 0 Å². The average molecular weight is 526 g/mol. The molecule has 1 saturated heterocycles. The number of alkyl halides is 3. The molecule has 3 aromatic carbocycles. The molecule has 10 heteroatoms. The van der Waals surface area contributed by atoms with Crippen LogP contribution >= 0.6 is 24.0 Å². The number of thiocarbonyl (C=S) groups is 1. The summed E-state index contributed by atoms with van der Waals surface area (Å²) in [6, 6.07) is 20.6. The van der Waals surface area contributed by atoms with Gasteiger partial charge in [0, 0.05) is 18.2 Å². The molecule has 36 heavy (non-hydrogen) atoms. The molecule has 0 bridgehead atoms. The van der Waals surface area contributed by atoms with E-state index in [4.69, 9.17) is 17.3 Å². The summed E-state index contributed by atoms with van der Waals surface area (Å²) in [5.41, 5.74) is 1.49. The van der Waals surface area contributed by atoms with Gasteiger partial charge in [0.05, 0.1) is 27.9 Å². The molecule has 2 heterocycles. The van der Waals surface area contributed by atoms with Gasteiger partial charge in [0.1, 0.15) is 5.75 Å². The van der Waals surface area contributed by atoms with Gasteiger partial charge in [-0.1, -0.05) is 78.6 Å². The molecule has 1 amide bonds. The van der Waals surface area contributed by atoms with Crippen molar-refractivity contribution in [1.29, 1.82) is 0 Å². The molecule has 5 nitrogen and oxygen atoms in total. The number of carbonyl (C=O) groups excluding carboxylic acids is 1. The molecule has 2 aliphatic rings. The van der Waals surface area contributed by atoms with Crippen molar-refractivity contribution in [3.8, 4) is 5.75 Å². The summed E-state index contributed by atoms with van der Waals surface area (Å²) in [7, 11) is 0. The van der Waals surface area contributed by atoms with Crippen LogP contribution in [0.25, 0.3) is 0 Å². The molecular weight excluding hydrogens is 507 g/mol. The molecule has 0 saturated carbocycles. The van der Waals surface area contributed by atoms with E-state index in [2.05, 4.69) is 0 Å². The molecule has 1 unspecified atom stereocenters. The maximum absolute atomic E-state index is 13.3. The van der Waals surface area contributed by atoms with Crippen LogP contribution in [-0.2, 0) is 11.0 Å². The Bertz CT molecular complexity index is 1410. The van der Waals surface area contributed by atoms with Crippen molar-refractivity contribution in [3.05, 3.63) is 107 Å². The normalized spacial score (nSPS) is 19.4. The number of benzene rings is 3. The number of hydrazone groups is 1. The Morgan fingerprint density at radius 3 is 2.47 bits per heavy atom. The Kier molecular flexibility index (Phi) is 6.31. The highest BCUT2D eigenvalue weighted by Gasteiger charge is 2.38. The number of hydrogen-bond donors (Lipinski definition) is 1. The highest BCUT2D eigenvalue weighted by atomic mass is 32.2. The van der Waals surface area contributed by atoms with E-state index in [1.54, 1.807) is 35.5 Å². The van der Waals surface area contributed by atoms with Gasteiger partial charge in [-0.25, -0.2) is 0 Å². The van der Waals surface area contributed by atoms with Gasteiger partial charge in [-0.05, 0) is 29.8 Å². The van der Waals surface area contributed by atoms with Gasteiger partial charge in [-0.3, -0.25) is 14.7 Å². The quantitative estimate of drug-likeness (QED) is 0.313. The zero-order valence-electron chi connectivity index (χ0n) is 18.5. The third kappa shape index (κ3) is 4.61. The lowest BCUT2D eigenvalue weighted by Crippen LogP contribution is -2.28. The molecule has 182 valence electrons. The first-order chi connectivity index (χ1) is 17.2. The molecule has 1 fully saturated rings. The van der Waals surface area contributed by atoms with Crippen molar-refractivity contribution in [1.82, 2.24) is 5.01 Å². The number of halogens is 3. The van der Waals surface area contributed by atoms with Crippen molar-refractivity contribution < 1.29 is 23.1 Å². The number of nitrogens with zero attached hydrogens (tertiary/aromatic N) is 3. The summed E-state index contributed by atoms with van der Waals surface area (Å²) in [6.45, 7) is 0. The fourth-order valence-corrected chi connectivity index (χ4v) is 5.36. The zero-order valence-corrected chi connectivity index (χ0v) is 20.1. The molecule has 5 rings (SSSR count). The molecule has 2 aliphatic heterocycles. The number of hydrogen-bond acceptors (Lipinski definition) is 6. The summed E-state index contributed by atoms with van der Waals surface area (Å²) in [4.78, 5) is 14.6. The first kappa shape index (κ1) is 24.1. The van der Waals surface area contributed by atoms with Gasteiger partial charge in [0.25, 0.3) is 5.91 Å². The highest BCUT2D eigenvalue weighted by molar-refractivity contribution is 8.27. The Labute approximate surface area is 214 Å². The lowest BCUT2D eigenvalue weighted by atomic mass is 9.98.